The van der Waals surface area contributed by atoms with E-state index in [0.29, 0.717) is 12.5 Å². The zero-order chi connectivity index (χ0) is 11.4. The molecule has 86 valence electrons. The predicted molar refractivity (Wildman–Crippen MR) is 52.1 cm³/mol. The zero-order valence-electron chi connectivity index (χ0n) is 9.28. The van der Waals surface area contributed by atoms with E-state index in [9.17, 15) is 13.2 Å². The Morgan fingerprint density at radius 2 is 1.50 bits per heavy atom. The van der Waals surface area contributed by atoms with Crippen LogP contribution >= 0.6 is 0 Å². The summed E-state index contributed by atoms with van der Waals surface area (Å²) in [6.07, 6.45) is -4.09. The molecule has 0 spiro atoms. The number of halogens is 3. The van der Waals surface area contributed by atoms with Gasteiger partial charge in [-0.15, -0.1) is 0 Å². The molecule has 0 bridgehead atoms. The van der Waals surface area contributed by atoms with Crippen LogP contribution in [0.4, 0.5) is 13.2 Å². The summed E-state index contributed by atoms with van der Waals surface area (Å²) in [6.45, 7) is 7.83. The molecule has 0 saturated carbocycles. The van der Waals surface area contributed by atoms with Gasteiger partial charge in [-0.3, -0.25) is 0 Å². The predicted octanol–water partition coefficient (Wildman–Crippen LogP) is 3.07. The molecule has 0 heterocycles. The van der Waals surface area contributed by atoms with Gasteiger partial charge in [0.15, 0.2) is 0 Å². The van der Waals surface area contributed by atoms with Crippen LogP contribution in [0.1, 0.15) is 27.7 Å². The molecule has 0 aromatic rings. The fourth-order valence-corrected chi connectivity index (χ4v) is 1.26. The van der Waals surface area contributed by atoms with Crippen molar-refractivity contribution in [1.29, 1.82) is 0 Å². The summed E-state index contributed by atoms with van der Waals surface area (Å²) in [7, 11) is 0. The Bertz CT molecular complexity index is 152. The van der Waals surface area contributed by atoms with Crippen molar-refractivity contribution in [3.63, 3.8) is 0 Å². The van der Waals surface area contributed by atoms with Crippen molar-refractivity contribution in [2.45, 2.75) is 33.9 Å². The Kier molecular flexibility index (Phi) is 5.49. The van der Waals surface area contributed by atoms with Crippen molar-refractivity contribution < 1.29 is 13.2 Å². The lowest BCUT2D eigenvalue weighted by Gasteiger charge is -2.24. The van der Waals surface area contributed by atoms with Crippen molar-refractivity contribution >= 4 is 0 Å². The summed E-state index contributed by atoms with van der Waals surface area (Å²) in [6, 6.07) is 0. The Hall–Kier alpha value is -0.250. The van der Waals surface area contributed by atoms with Crippen LogP contribution in [0.25, 0.3) is 0 Å². The Balaban J connectivity index is 4.00. The van der Waals surface area contributed by atoms with E-state index in [1.54, 1.807) is 13.8 Å². The summed E-state index contributed by atoms with van der Waals surface area (Å²) in [5.41, 5.74) is 0. The molecule has 1 unspecified atom stereocenters. The lowest BCUT2D eigenvalue weighted by molar-refractivity contribution is -0.184. The SMILES string of the molecule is CC(C)CNCC(C(C)C)C(F)(F)F. The molecule has 0 radical (unpaired) electrons. The maximum atomic E-state index is 12.5. The van der Waals surface area contributed by atoms with Crippen LogP contribution in [0.15, 0.2) is 0 Å². The van der Waals surface area contributed by atoms with Gasteiger partial charge in [-0.25, -0.2) is 0 Å². The topological polar surface area (TPSA) is 12.0 Å². The third-order valence-electron chi connectivity index (χ3n) is 2.14. The first-order valence-electron chi connectivity index (χ1n) is 5.02. The van der Waals surface area contributed by atoms with Crippen molar-refractivity contribution in [3.05, 3.63) is 0 Å². The molecule has 0 fully saturated rings. The normalized spacial score (nSPS) is 15.2. The largest absolute Gasteiger partial charge is 0.393 e. The molecule has 0 aromatic heterocycles. The lowest BCUT2D eigenvalue weighted by atomic mass is 9.95. The van der Waals surface area contributed by atoms with Crippen LogP contribution in [-0.2, 0) is 0 Å². The Morgan fingerprint density at radius 3 is 1.79 bits per heavy atom. The maximum absolute atomic E-state index is 12.5. The molecule has 0 aliphatic heterocycles. The molecule has 0 aliphatic carbocycles. The fraction of sp³-hybridized carbons (Fsp3) is 1.00. The van der Waals surface area contributed by atoms with E-state index in [1.165, 1.54) is 0 Å². The van der Waals surface area contributed by atoms with Crippen LogP contribution in [0.2, 0.25) is 0 Å². The van der Waals surface area contributed by atoms with Gasteiger partial charge in [0.1, 0.15) is 0 Å². The summed E-state index contributed by atoms with van der Waals surface area (Å²) in [4.78, 5) is 0. The second-order valence-corrected chi connectivity index (χ2v) is 4.44. The maximum Gasteiger partial charge on any atom is 0.393 e. The van der Waals surface area contributed by atoms with Crippen LogP contribution in [0.5, 0.6) is 0 Å². The molecule has 0 aliphatic rings. The van der Waals surface area contributed by atoms with Gasteiger partial charge in [-0.05, 0) is 18.4 Å². The van der Waals surface area contributed by atoms with Gasteiger partial charge < -0.3 is 5.32 Å². The van der Waals surface area contributed by atoms with Crippen molar-refractivity contribution in [2.24, 2.45) is 17.8 Å². The number of rotatable bonds is 5. The number of hydrogen-bond donors (Lipinski definition) is 1. The number of nitrogens with one attached hydrogen (secondary N) is 1. The van der Waals surface area contributed by atoms with Gasteiger partial charge in [-0.2, -0.15) is 13.2 Å². The highest BCUT2D eigenvalue weighted by Crippen LogP contribution is 2.31. The van der Waals surface area contributed by atoms with E-state index in [4.69, 9.17) is 0 Å². The number of alkyl halides is 3. The quantitative estimate of drug-likeness (QED) is 0.737. The molecule has 0 aromatic carbocycles. The van der Waals surface area contributed by atoms with Crippen molar-refractivity contribution in [3.8, 4) is 0 Å². The van der Waals surface area contributed by atoms with Gasteiger partial charge in [0.25, 0.3) is 0 Å². The summed E-state index contributed by atoms with van der Waals surface area (Å²) >= 11 is 0. The van der Waals surface area contributed by atoms with Crippen LogP contribution in [0, 0.1) is 17.8 Å². The van der Waals surface area contributed by atoms with Gasteiger partial charge >= 0.3 is 6.18 Å². The number of hydrogen-bond acceptors (Lipinski definition) is 1. The minimum absolute atomic E-state index is 0.0271. The van der Waals surface area contributed by atoms with E-state index in [1.807, 2.05) is 13.8 Å². The van der Waals surface area contributed by atoms with Crippen LogP contribution in [-0.4, -0.2) is 19.3 Å². The Labute approximate surface area is 84.1 Å². The summed E-state index contributed by atoms with van der Waals surface area (Å²) in [5, 5.41) is 2.85. The minimum atomic E-state index is -4.09. The molecule has 1 N–H and O–H groups in total. The summed E-state index contributed by atoms with van der Waals surface area (Å²) in [5.74, 6) is -1.22. The monoisotopic (exact) mass is 211 g/mol. The highest BCUT2D eigenvalue weighted by Gasteiger charge is 2.40. The van der Waals surface area contributed by atoms with E-state index < -0.39 is 12.1 Å². The molecule has 14 heavy (non-hydrogen) atoms. The first-order valence-corrected chi connectivity index (χ1v) is 5.02. The van der Waals surface area contributed by atoms with E-state index in [-0.39, 0.29) is 12.5 Å². The summed E-state index contributed by atoms with van der Waals surface area (Å²) < 4.78 is 37.4. The highest BCUT2D eigenvalue weighted by molar-refractivity contribution is 4.73. The second kappa shape index (κ2) is 5.59. The van der Waals surface area contributed by atoms with Gasteiger partial charge in [-0.1, -0.05) is 27.7 Å². The minimum Gasteiger partial charge on any atom is -0.316 e. The highest BCUT2D eigenvalue weighted by atomic mass is 19.4. The molecule has 1 nitrogen and oxygen atoms in total. The van der Waals surface area contributed by atoms with Gasteiger partial charge in [0, 0.05) is 6.54 Å². The molecule has 4 heteroatoms. The standard InChI is InChI=1S/C10H20F3N/c1-7(2)5-14-6-9(8(3)4)10(11,12)13/h7-9,14H,5-6H2,1-4H3. The zero-order valence-corrected chi connectivity index (χ0v) is 9.28. The fourth-order valence-electron chi connectivity index (χ4n) is 1.26. The molecule has 1 atom stereocenters. The van der Waals surface area contributed by atoms with Crippen LogP contribution in [0.3, 0.4) is 0 Å². The lowest BCUT2D eigenvalue weighted by Crippen LogP contribution is -2.38. The average Bonchev–Trinajstić information content (AvgIpc) is 1.94. The third-order valence-corrected chi connectivity index (χ3v) is 2.14. The average molecular weight is 211 g/mol. The molecular formula is C10H20F3N. The first kappa shape index (κ1) is 13.8. The Morgan fingerprint density at radius 1 is 1.00 bits per heavy atom. The molecular weight excluding hydrogens is 191 g/mol. The van der Waals surface area contributed by atoms with Gasteiger partial charge in [0.2, 0.25) is 0 Å². The van der Waals surface area contributed by atoms with Gasteiger partial charge in [0.05, 0.1) is 5.92 Å². The molecule has 0 rings (SSSR count). The molecule has 0 saturated heterocycles. The van der Waals surface area contributed by atoms with E-state index in [2.05, 4.69) is 5.32 Å². The van der Waals surface area contributed by atoms with Crippen molar-refractivity contribution in [1.82, 2.24) is 5.32 Å². The molecule has 0 amide bonds. The van der Waals surface area contributed by atoms with E-state index in [0.717, 1.165) is 0 Å². The first-order chi connectivity index (χ1) is 6.25. The van der Waals surface area contributed by atoms with Crippen LogP contribution < -0.4 is 5.32 Å². The van der Waals surface area contributed by atoms with Crippen molar-refractivity contribution in [2.75, 3.05) is 13.1 Å². The van der Waals surface area contributed by atoms with E-state index >= 15 is 0 Å². The third kappa shape index (κ3) is 5.47. The smallest absolute Gasteiger partial charge is 0.316 e. The second-order valence-electron chi connectivity index (χ2n) is 4.44.